The van der Waals surface area contributed by atoms with E-state index in [1.165, 1.54) is 5.56 Å². The Morgan fingerprint density at radius 1 is 1.32 bits per heavy atom. The van der Waals surface area contributed by atoms with Crippen LogP contribution in [0.2, 0.25) is 0 Å². The molecule has 0 saturated heterocycles. The third-order valence-corrected chi connectivity index (χ3v) is 4.38. The molecule has 2 atom stereocenters. The van der Waals surface area contributed by atoms with Gasteiger partial charge in [0.05, 0.1) is 6.07 Å². The maximum absolute atomic E-state index is 9.56. The molecule has 1 aromatic carbocycles. The third-order valence-electron chi connectivity index (χ3n) is 3.85. The Hall–Kier alpha value is -0.850. The predicted octanol–water partition coefficient (Wildman–Crippen LogP) is 4.05. The van der Waals surface area contributed by atoms with Crippen molar-refractivity contribution in [3.8, 4) is 6.07 Å². The highest BCUT2D eigenvalue weighted by Gasteiger charge is 2.65. The van der Waals surface area contributed by atoms with Gasteiger partial charge in [0.15, 0.2) is 0 Å². The first-order chi connectivity index (χ1) is 8.70. The van der Waals surface area contributed by atoms with Gasteiger partial charge in [-0.05, 0) is 51.3 Å². The van der Waals surface area contributed by atoms with Crippen molar-refractivity contribution in [2.75, 3.05) is 0 Å². The smallest absolute Gasteiger partial charge is 0.113 e. The van der Waals surface area contributed by atoms with Gasteiger partial charge in [-0.2, -0.15) is 5.26 Å². The van der Waals surface area contributed by atoms with Crippen molar-refractivity contribution >= 4 is 15.9 Å². The second-order valence-corrected chi connectivity index (χ2v) is 7.85. The first-order valence-corrected chi connectivity index (χ1v) is 7.44. The lowest BCUT2D eigenvalue weighted by atomic mass is 9.92. The van der Waals surface area contributed by atoms with Gasteiger partial charge in [0.25, 0.3) is 0 Å². The highest BCUT2D eigenvalue weighted by atomic mass is 79.9. The Bertz CT molecular complexity index is 509. The Labute approximate surface area is 124 Å². The average Bonchev–Trinajstić information content (AvgIpc) is 2.84. The van der Waals surface area contributed by atoms with E-state index in [4.69, 9.17) is 0 Å². The molecule has 1 saturated carbocycles. The number of hydrogen-bond acceptors (Lipinski definition) is 2. The number of nitrogens with zero attached hydrogens (tertiary/aromatic N) is 1. The summed E-state index contributed by atoms with van der Waals surface area (Å²) < 4.78 is 1.09. The lowest BCUT2D eigenvalue weighted by Gasteiger charge is -2.28. The summed E-state index contributed by atoms with van der Waals surface area (Å²) in [6, 6.07) is 10.9. The molecule has 1 fully saturated rings. The summed E-state index contributed by atoms with van der Waals surface area (Å²) in [6.07, 6.45) is 1.86. The van der Waals surface area contributed by atoms with Crippen LogP contribution in [0.1, 0.15) is 39.7 Å². The highest BCUT2D eigenvalue weighted by molar-refractivity contribution is 9.10. The zero-order chi connectivity index (χ0) is 14.3. The van der Waals surface area contributed by atoms with Crippen LogP contribution in [0.25, 0.3) is 0 Å². The van der Waals surface area contributed by atoms with Gasteiger partial charge in [-0.1, -0.05) is 35.0 Å². The van der Waals surface area contributed by atoms with E-state index in [2.05, 4.69) is 79.3 Å². The van der Waals surface area contributed by atoms with Gasteiger partial charge in [0.2, 0.25) is 0 Å². The van der Waals surface area contributed by atoms with Gasteiger partial charge in [-0.15, -0.1) is 0 Å². The standard InChI is InChI=1S/C16H21BrN2/c1-14(2,3)19-16(11-18)10-15(16,4)9-12-5-7-13(17)8-6-12/h5-8,19H,9-10H2,1-4H3/t15-,16+/m1/s1. The fourth-order valence-electron chi connectivity index (χ4n) is 2.84. The molecule has 0 heterocycles. The zero-order valence-electron chi connectivity index (χ0n) is 12.0. The first-order valence-electron chi connectivity index (χ1n) is 6.65. The number of hydrogen-bond donors (Lipinski definition) is 1. The zero-order valence-corrected chi connectivity index (χ0v) is 13.6. The van der Waals surface area contributed by atoms with E-state index >= 15 is 0 Å². The minimum Gasteiger partial charge on any atom is -0.294 e. The van der Waals surface area contributed by atoms with Crippen molar-refractivity contribution in [1.82, 2.24) is 5.32 Å². The molecule has 0 spiro atoms. The van der Waals surface area contributed by atoms with Crippen LogP contribution < -0.4 is 5.32 Å². The van der Waals surface area contributed by atoms with Crippen LogP contribution in [-0.2, 0) is 6.42 Å². The van der Waals surface area contributed by atoms with E-state index in [0.29, 0.717) is 0 Å². The molecule has 1 aliphatic carbocycles. The third kappa shape index (κ3) is 3.01. The molecule has 0 radical (unpaired) electrons. The fourth-order valence-corrected chi connectivity index (χ4v) is 3.11. The molecule has 1 aliphatic rings. The van der Waals surface area contributed by atoms with E-state index in [0.717, 1.165) is 17.3 Å². The van der Waals surface area contributed by atoms with Crippen LogP contribution >= 0.6 is 15.9 Å². The fraction of sp³-hybridized carbons (Fsp3) is 0.562. The Kier molecular flexibility index (Phi) is 3.53. The van der Waals surface area contributed by atoms with Crippen molar-refractivity contribution in [3.05, 3.63) is 34.3 Å². The van der Waals surface area contributed by atoms with Crippen molar-refractivity contribution < 1.29 is 0 Å². The molecule has 102 valence electrons. The first kappa shape index (κ1) is 14.6. The van der Waals surface area contributed by atoms with E-state index in [1.807, 2.05) is 0 Å². The minimum atomic E-state index is -0.377. The number of halogens is 1. The van der Waals surface area contributed by atoms with E-state index in [9.17, 15) is 5.26 Å². The van der Waals surface area contributed by atoms with Gasteiger partial charge in [-0.3, -0.25) is 5.32 Å². The normalized spacial score (nSPS) is 29.9. The Morgan fingerprint density at radius 3 is 2.37 bits per heavy atom. The van der Waals surface area contributed by atoms with Crippen LogP contribution in [-0.4, -0.2) is 11.1 Å². The largest absolute Gasteiger partial charge is 0.294 e. The van der Waals surface area contributed by atoms with Crippen LogP contribution in [0.3, 0.4) is 0 Å². The number of nitrogens with one attached hydrogen (secondary N) is 1. The molecule has 3 heteroatoms. The minimum absolute atomic E-state index is 0.0306. The topological polar surface area (TPSA) is 35.8 Å². The summed E-state index contributed by atoms with van der Waals surface area (Å²) in [5.41, 5.74) is 0.910. The maximum atomic E-state index is 9.56. The molecule has 2 rings (SSSR count). The summed E-state index contributed by atoms with van der Waals surface area (Å²) in [7, 11) is 0. The maximum Gasteiger partial charge on any atom is 0.113 e. The van der Waals surface area contributed by atoms with E-state index in [1.54, 1.807) is 0 Å². The van der Waals surface area contributed by atoms with Crippen molar-refractivity contribution in [2.24, 2.45) is 5.41 Å². The van der Waals surface area contributed by atoms with Gasteiger partial charge in [0.1, 0.15) is 5.54 Å². The molecule has 2 nitrogen and oxygen atoms in total. The van der Waals surface area contributed by atoms with Crippen molar-refractivity contribution in [2.45, 2.75) is 51.6 Å². The van der Waals surface area contributed by atoms with E-state index in [-0.39, 0.29) is 16.5 Å². The second kappa shape index (κ2) is 4.61. The van der Waals surface area contributed by atoms with Crippen LogP contribution in [0.15, 0.2) is 28.7 Å². The number of rotatable bonds is 3. The molecule has 0 aromatic heterocycles. The predicted molar refractivity (Wildman–Crippen MR) is 81.8 cm³/mol. The summed E-state index contributed by atoms with van der Waals surface area (Å²) in [5.74, 6) is 0. The van der Waals surface area contributed by atoms with Gasteiger partial charge < -0.3 is 0 Å². The van der Waals surface area contributed by atoms with Crippen LogP contribution in [0.4, 0.5) is 0 Å². The Balaban J connectivity index is 2.13. The van der Waals surface area contributed by atoms with Crippen LogP contribution in [0, 0.1) is 16.7 Å². The van der Waals surface area contributed by atoms with Gasteiger partial charge in [-0.25, -0.2) is 0 Å². The summed E-state index contributed by atoms with van der Waals surface area (Å²) in [5, 5.41) is 13.1. The SMILES string of the molecule is CC(C)(C)N[C@]1(C#N)C[C@@]1(C)Cc1ccc(Br)cc1. The Morgan fingerprint density at radius 2 is 1.89 bits per heavy atom. The second-order valence-electron chi connectivity index (χ2n) is 6.93. The molecule has 0 unspecified atom stereocenters. The summed E-state index contributed by atoms with van der Waals surface area (Å²) in [6.45, 7) is 8.55. The molecule has 0 bridgehead atoms. The van der Waals surface area contributed by atoms with Gasteiger partial charge in [0, 0.05) is 15.4 Å². The number of nitriles is 1. The van der Waals surface area contributed by atoms with Gasteiger partial charge >= 0.3 is 0 Å². The molecular formula is C16H21BrN2. The number of benzene rings is 1. The molecule has 1 aromatic rings. The molecular weight excluding hydrogens is 300 g/mol. The quantitative estimate of drug-likeness (QED) is 0.911. The van der Waals surface area contributed by atoms with E-state index < -0.39 is 0 Å². The van der Waals surface area contributed by atoms with Crippen molar-refractivity contribution in [3.63, 3.8) is 0 Å². The lowest BCUT2D eigenvalue weighted by molar-refractivity contribution is 0.334. The lowest BCUT2D eigenvalue weighted by Crippen LogP contribution is -2.47. The molecule has 19 heavy (non-hydrogen) atoms. The molecule has 0 aliphatic heterocycles. The average molecular weight is 321 g/mol. The highest BCUT2D eigenvalue weighted by Crippen LogP contribution is 2.58. The van der Waals surface area contributed by atoms with Crippen molar-refractivity contribution in [1.29, 1.82) is 5.26 Å². The summed E-state index contributed by atoms with van der Waals surface area (Å²) >= 11 is 3.45. The molecule has 1 N–H and O–H groups in total. The monoisotopic (exact) mass is 320 g/mol. The molecule has 0 amide bonds. The summed E-state index contributed by atoms with van der Waals surface area (Å²) in [4.78, 5) is 0. The van der Waals surface area contributed by atoms with Crippen LogP contribution in [0.5, 0.6) is 0 Å².